The minimum atomic E-state index is -3.24. The second-order valence-corrected chi connectivity index (χ2v) is 6.25. The highest BCUT2D eigenvalue weighted by molar-refractivity contribution is 4.95. The molecule has 0 bridgehead atoms. The van der Waals surface area contributed by atoms with Crippen LogP contribution in [0.2, 0.25) is 0 Å². The maximum Gasteiger partial charge on any atom is 0.330 e. The molecule has 2 aliphatic rings. The zero-order valence-electron chi connectivity index (χ0n) is 13.7. The van der Waals surface area contributed by atoms with Crippen LogP contribution in [-0.2, 0) is 14.2 Å². The fraction of sp³-hybridized carbons (Fsp3) is 0.714. The van der Waals surface area contributed by atoms with Gasteiger partial charge in [0.25, 0.3) is 11.4 Å². The largest absolute Gasteiger partial charge is 0.393 e. The van der Waals surface area contributed by atoms with Gasteiger partial charge in [0.15, 0.2) is 18.6 Å². The molecule has 2 fully saturated rings. The third-order valence-corrected chi connectivity index (χ3v) is 4.48. The number of aliphatic hydroxyl groups is 5. The van der Waals surface area contributed by atoms with Gasteiger partial charge in [-0.2, -0.15) is 0 Å². The molecule has 8 atom stereocenters. The topological polar surface area (TPSA) is 184 Å². The lowest BCUT2D eigenvalue weighted by Crippen LogP contribution is -2.46. The Kier molecular flexibility index (Phi) is 5.47. The highest BCUT2D eigenvalue weighted by atomic mass is 19.2. The first-order chi connectivity index (χ1) is 12.7. The number of rotatable bonds is 5. The van der Waals surface area contributed by atoms with Crippen LogP contribution < -0.4 is 11.2 Å². The molecule has 3 rings (SSSR count). The van der Waals surface area contributed by atoms with Crippen LogP contribution in [0.1, 0.15) is 6.23 Å². The second-order valence-electron chi connectivity index (χ2n) is 6.25. The van der Waals surface area contributed by atoms with E-state index in [0.717, 1.165) is 16.8 Å². The molecule has 0 spiro atoms. The first-order valence-corrected chi connectivity index (χ1v) is 7.97. The molecule has 0 amide bonds. The van der Waals surface area contributed by atoms with Gasteiger partial charge in [0.2, 0.25) is 0 Å². The monoisotopic (exact) mass is 394 g/mol. The third-order valence-electron chi connectivity index (χ3n) is 4.48. The second kappa shape index (κ2) is 7.37. The Morgan fingerprint density at radius 3 is 2.56 bits per heavy atom. The molecule has 0 aliphatic carbocycles. The van der Waals surface area contributed by atoms with Crippen molar-refractivity contribution in [1.29, 1.82) is 0 Å². The van der Waals surface area contributed by atoms with E-state index in [0.29, 0.717) is 0 Å². The standard InChI is InChI=1S/C14H19FN2O10/c15-14(24)6(3-18)27-12(10(14)22)25-4-5-8(20)9(21)11(26-5)17-2-1-7(19)16-13(17)23/h1-2,5-6,8-12,18,20-22,24H,3-4H2,(H,16,19,23)/t5-,6-,8-,9-,10+,11-,12?,14+/m1/s1. The van der Waals surface area contributed by atoms with E-state index in [1.54, 1.807) is 0 Å². The van der Waals surface area contributed by atoms with Crippen molar-refractivity contribution < 1.29 is 44.1 Å². The maximum atomic E-state index is 13.9. The van der Waals surface area contributed by atoms with Crippen LogP contribution in [0.15, 0.2) is 21.9 Å². The van der Waals surface area contributed by atoms with E-state index >= 15 is 0 Å². The number of aliphatic hydroxyl groups excluding tert-OH is 4. The number of H-pyrrole nitrogens is 1. The molecule has 1 unspecified atom stereocenters. The Hall–Kier alpha value is -1.71. The Morgan fingerprint density at radius 2 is 1.96 bits per heavy atom. The number of aromatic amines is 1. The molecule has 13 heteroatoms. The van der Waals surface area contributed by atoms with Crippen LogP contribution in [-0.4, -0.2) is 91.0 Å². The van der Waals surface area contributed by atoms with E-state index in [9.17, 15) is 34.4 Å². The van der Waals surface area contributed by atoms with Crippen molar-refractivity contribution in [2.45, 2.75) is 48.9 Å². The van der Waals surface area contributed by atoms with Crippen molar-refractivity contribution in [1.82, 2.24) is 9.55 Å². The molecular weight excluding hydrogens is 375 g/mol. The van der Waals surface area contributed by atoms with Gasteiger partial charge in [-0.15, -0.1) is 0 Å². The number of alkyl halides is 1. The average molecular weight is 394 g/mol. The molecule has 3 heterocycles. The Bertz CT molecular complexity index is 782. The summed E-state index contributed by atoms with van der Waals surface area (Å²) in [5, 5.41) is 48.2. The predicted molar refractivity (Wildman–Crippen MR) is 81.0 cm³/mol. The molecule has 12 nitrogen and oxygen atoms in total. The fourth-order valence-electron chi connectivity index (χ4n) is 2.93. The summed E-state index contributed by atoms with van der Waals surface area (Å²) in [7, 11) is 0. The number of halogens is 1. The lowest BCUT2D eigenvalue weighted by atomic mass is 10.1. The van der Waals surface area contributed by atoms with Gasteiger partial charge in [-0.05, 0) is 0 Å². The summed E-state index contributed by atoms with van der Waals surface area (Å²) < 4.78 is 30.1. The van der Waals surface area contributed by atoms with Crippen molar-refractivity contribution in [2.75, 3.05) is 13.2 Å². The minimum Gasteiger partial charge on any atom is -0.393 e. The Balaban J connectivity index is 1.67. The third kappa shape index (κ3) is 3.55. The van der Waals surface area contributed by atoms with E-state index in [1.165, 1.54) is 0 Å². The Morgan fingerprint density at radius 1 is 1.26 bits per heavy atom. The number of hydrogen-bond donors (Lipinski definition) is 6. The summed E-state index contributed by atoms with van der Waals surface area (Å²) in [6.07, 6.45) is -10.1. The van der Waals surface area contributed by atoms with Gasteiger partial charge in [0, 0.05) is 12.3 Å². The predicted octanol–water partition coefficient (Wildman–Crippen LogP) is -4.09. The lowest BCUT2D eigenvalue weighted by molar-refractivity contribution is -0.194. The molecule has 1 aromatic rings. The molecule has 2 saturated heterocycles. The number of hydrogen-bond acceptors (Lipinski definition) is 10. The summed E-state index contributed by atoms with van der Waals surface area (Å²) in [5.74, 6) is -3.24. The molecule has 6 N–H and O–H groups in total. The van der Waals surface area contributed by atoms with Crippen LogP contribution in [0, 0.1) is 0 Å². The summed E-state index contributed by atoms with van der Waals surface area (Å²) in [6.45, 7) is -1.43. The molecule has 27 heavy (non-hydrogen) atoms. The molecule has 0 radical (unpaired) electrons. The minimum absolute atomic E-state index is 0.511. The zero-order chi connectivity index (χ0) is 19.9. The fourth-order valence-corrected chi connectivity index (χ4v) is 2.93. The van der Waals surface area contributed by atoms with Gasteiger partial charge >= 0.3 is 5.69 Å². The SMILES string of the molecule is O=c1ccn([C@@H]2O[C@H](COC3O[C@H](CO)[C@@](O)(F)[C@H]3O)[C@@H](O)[C@H]2O)c(=O)[nH]1. The highest BCUT2D eigenvalue weighted by Crippen LogP contribution is 2.34. The molecule has 2 aliphatic heterocycles. The summed E-state index contributed by atoms with van der Waals surface area (Å²) in [5.41, 5.74) is -1.53. The number of aromatic nitrogens is 2. The molecule has 0 saturated carbocycles. The summed E-state index contributed by atoms with van der Waals surface area (Å²) >= 11 is 0. The van der Waals surface area contributed by atoms with Crippen LogP contribution in [0.5, 0.6) is 0 Å². The van der Waals surface area contributed by atoms with Gasteiger partial charge in [0.05, 0.1) is 13.2 Å². The van der Waals surface area contributed by atoms with Gasteiger partial charge in [-0.1, -0.05) is 0 Å². The number of nitrogens with one attached hydrogen (secondary N) is 1. The van der Waals surface area contributed by atoms with Crippen LogP contribution in [0.25, 0.3) is 0 Å². The van der Waals surface area contributed by atoms with E-state index in [-0.39, 0.29) is 0 Å². The first-order valence-electron chi connectivity index (χ1n) is 7.97. The van der Waals surface area contributed by atoms with Crippen molar-refractivity contribution in [3.05, 3.63) is 33.1 Å². The van der Waals surface area contributed by atoms with E-state index in [1.807, 2.05) is 4.98 Å². The van der Waals surface area contributed by atoms with Crippen LogP contribution in [0.4, 0.5) is 4.39 Å². The van der Waals surface area contributed by atoms with E-state index in [2.05, 4.69) is 0 Å². The van der Waals surface area contributed by atoms with Crippen molar-refractivity contribution in [3.63, 3.8) is 0 Å². The quantitative estimate of drug-likeness (QED) is 0.287. The smallest absolute Gasteiger partial charge is 0.330 e. The van der Waals surface area contributed by atoms with E-state index < -0.39 is 73.4 Å². The average Bonchev–Trinajstić information content (AvgIpc) is 3.01. The molecule has 0 aromatic carbocycles. The first kappa shape index (κ1) is 20.0. The van der Waals surface area contributed by atoms with Crippen molar-refractivity contribution >= 4 is 0 Å². The van der Waals surface area contributed by atoms with Crippen LogP contribution in [0.3, 0.4) is 0 Å². The van der Waals surface area contributed by atoms with Crippen molar-refractivity contribution in [2.24, 2.45) is 0 Å². The van der Waals surface area contributed by atoms with Gasteiger partial charge in [0.1, 0.15) is 24.4 Å². The molecule has 1 aromatic heterocycles. The Labute approximate surface area is 150 Å². The van der Waals surface area contributed by atoms with Crippen molar-refractivity contribution in [3.8, 4) is 0 Å². The zero-order valence-corrected chi connectivity index (χ0v) is 13.7. The summed E-state index contributed by atoms with van der Waals surface area (Å²) in [6, 6.07) is 1.02. The van der Waals surface area contributed by atoms with Gasteiger partial charge in [-0.3, -0.25) is 14.3 Å². The normalized spacial score (nSPS) is 41.9. The van der Waals surface area contributed by atoms with Gasteiger partial charge in [-0.25, -0.2) is 9.18 Å². The lowest BCUT2D eigenvalue weighted by Gasteiger charge is -2.21. The molecular formula is C14H19FN2O10. The number of ether oxygens (including phenoxy) is 3. The highest BCUT2D eigenvalue weighted by Gasteiger charge is 2.57. The van der Waals surface area contributed by atoms with Crippen LogP contribution >= 0.6 is 0 Å². The van der Waals surface area contributed by atoms with E-state index in [4.69, 9.17) is 19.3 Å². The maximum absolute atomic E-state index is 13.9. The molecule has 152 valence electrons. The van der Waals surface area contributed by atoms with Gasteiger partial charge < -0.3 is 39.7 Å². The number of nitrogens with zero attached hydrogens (tertiary/aromatic N) is 1. The summed E-state index contributed by atoms with van der Waals surface area (Å²) in [4.78, 5) is 24.9.